The molecule has 1 aliphatic carbocycles. The van der Waals surface area contributed by atoms with Crippen LogP contribution < -0.4 is 5.32 Å². The number of aromatic nitrogens is 1. The topological polar surface area (TPSA) is 24.9 Å². The SMILES string of the molecule is CC1CCCC(NCc2cccnc2)C1C. The van der Waals surface area contributed by atoms with Crippen molar-refractivity contribution in [1.29, 1.82) is 0 Å². The van der Waals surface area contributed by atoms with Gasteiger partial charge in [-0.05, 0) is 29.9 Å². The Morgan fingerprint density at radius 1 is 1.38 bits per heavy atom. The van der Waals surface area contributed by atoms with Crippen LogP contribution in [0.3, 0.4) is 0 Å². The predicted octanol–water partition coefficient (Wildman–Crippen LogP) is 3.00. The predicted molar refractivity (Wildman–Crippen MR) is 67.0 cm³/mol. The maximum absolute atomic E-state index is 4.14. The molecule has 2 rings (SSSR count). The summed E-state index contributed by atoms with van der Waals surface area (Å²) in [6.45, 7) is 5.71. The first-order valence-electron chi connectivity index (χ1n) is 6.39. The zero-order valence-electron chi connectivity index (χ0n) is 10.3. The molecule has 3 atom stereocenters. The third kappa shape index (κ3) is 2.82. The van der Waals surface area contributed by atoms with Crippen LogP contribution >= 0.6 is 0 Å². The fourth-order valence-corrected chi connectivity index (χ4v) is 2.62. The normalized spacial score (nSPS) is 30.2. The van der Waals surface area contributed by atoms with E-state index in [0.717, 1.165) is 18.4 Å². The molecule has 1 aliphatic rings. The molecule has 0 aromatic carbocycles. The number of pyridine rings is 1. The summed E-state index contributed by atoms with van der Waals surface area (Å²) in [4.78, 5) is 4.14. The molecule has 3 unspecified atom stereocenters. The lowest BCUT2D eigenvalue weighted by molar-refractivity contribution is 0.206. The maximum atomic E-state index is 4.14. The lowest BCUT2D eigenvalue weighted by Crippen LogP contribution is -2.40. The van der Waals surface area contributed by atoms with E-state index < -0.39 is 0 Å². The third-order valence-corrected chi connectivity index (χ3v) is 4.00. The minimum absolute atomic E-state index is 0.684. The molecule has 1 saturated carbocycles. The second-order valence-electron chi connectivity index (χ2n) is 5.12. The van der Waals surface area contributed by atoms with Crippen LogP contribution in [0.25, 0.3) is 0 Å². The van der Waals surface area contributed by atoms with Crippen LogP contribution in [0, 0.1) is 11.8 Å². The highest BCUT2D eigenvalue weighted by atomic mass is 14.9. The van der Waals surface area contributed by atoms with Crippen LogP contribution in [0.2, 0.25) is 0 Å². The quantitative estimate of drug-likeness (QED) is 0.843. The lowest BCUT2D eigenvalue weighted by atomic mass is 9.78. The summed E-state index contributed by atoms with van der Waals surface area (Å²) >= 11 is 0. The Hall–Kier alpha value is -0.890. The van der Waals surface area contributed by atoms with E-state index >= 15 is 0 Å². The number of nitrogens with one attached hydrogen (secondary N) is 1. The Morgan fingerprint density at radius 3 is 3.00 bits per heavy atom. The van der Waals surface area contributed by atoms with Crippen LogP contribution in [0.4, 0.5) is 0 Å². The van der Waals surface area contributed by atoms with Crippen molar-refractivity contribution in [3.63, 3.8) is 0 Å². The van der Waals surface area contributed by atoms with Crippen molar-refractivity contribution in [3.8, 4) is 0 Å². The van der Waals surface area contributed by atoms with Crippen LogP contribution in [-0.4, -0.2) is 11.0 Å². The van der Waals surface area contributed by atoms with Gasteiger partial charge in [-0.15, -0.1) is 0 Å². The zero-order chi connectivity index (χ0) is 11.4. The average molecular weight is 218 g/mol. The van der Waals surface area contributed by atoms with Crippen LogP contribution in [0.15, 0.2) is 24.5 Å². The van der Waals surface area contributed by atoms with Crippen molar-refractivity contribution in [2.45, 2.75) is 45.7 Å². The van der Waals surface area contributed by atoms with Crippen molar-refractivity contribution in [1.82, 2.24) is 10.3 Å². The van der Waals surface area contributed by atoms with Gasteiger partial charge in [-0.3, -0.25) is 4.98 Å². The second kappa shape index (κ2) is 5.44. The Labute approximate surface area is 98.5 Å². The highest BCUT2D eigenvalue weighted by Crippen LogP contribution is 2.29. The van der Waals surface area contributed by atoms with Gasteiger partial charge < -0.3 is 5.32 Å². The van der Waals surface area contributed by atoms with Crippen LogP contribution in [-0.2, 0) is 6.54 Å². The zero-order valence-corrected chi connectivity index (χ0v) is 10.3. The monoisotopic (exact) mass is 218 g/mol. The van der Waals surface area contributed by atoms with E-state index in [2.05, 4.69) is 30.2 Å². The standard InChI is InChI=1S/C14H22N2/c1-11-5-3-7-14(12(11)2)16-10-13-6-4-8-15-9-13/h4,6,8-9,11-12,14,16H,3,5,7,10H2,1-2H3. The summed E-state index contributed by atoms with van der Waals surface area (Å²) in [7, 11) is 0. The van der Waals surface area contributed by atoms with E-state index in [9.17, 15) is 0 Å². The molecule has 16 heavy (non-hydrogen) atoms. The van der Waals surface area contributed by atoms with Gasteiger partial charge in [0.15, 0.2) is 0 Å². The second-order valence-corrected chi connectivity index (χ2v) is 5.12. The van der Waals surface area contributed by atoms with Gasteiger partial charge in [0.05, 0.1) is 0 Å². The Kier molecular flexibility index (Phi) is 3.94. The molecule has 1 fully saturated rings. The van der Waals surface area contributed by atoms with Crippen molar-refractivity contribution in [2.75, 3.05) is 0 Å². The first-order chi connectivity index (χ1) is 7.77. The molecule has 1 heterocycles. The number of nitrogens with zero attached hydrogens (tertiary/aromatic N) is 1. The van der Waals surface area contributed by atoms with Gasteiger partial charge in [0.1, 0.15) is 0 Å². The average Bonchev–Trinajstić information content (AvgIpc) is 2.32. The van der Waals surface area contributed by atoms with Crippen molar-refractivity contribution in [3.05, 3.63) is 30.1 Å². The van der Waals surface area contributed by atoms with Gasteiger partial charge in [0.2, 0.25) is 0 Å². The molecule has 2 nitrogen and oxygen atoms in total. The fraction of sp³-hybridized carbons (Fsp3) is 0.643. The van der Waals surface area contributed by atoms with E-state index in [1.807, 2.05) is 18.5 Å². The molecule has 1 aromatic rings. The molecule has 0 bridgehead atoms. The highest BCUT2D eigenvalue weighted by molar-refractivity contribution is 5.08. The highest BCUT2D eigenvalue weighted by Gasteiger charge is 2.26. The molecular weight excluding hydrogens is 196 g/mol. The summed E-state index contributed by atoms with van der Waals surface area (Å²) in [5, 5.41) is 3.68. The molecule has 2 heteroatoms. The fourth-order valence-electron chi connectivity index (χ4n) is 2.62. The van der Waals surface area contributed by atoms with Crippen molar-refractivity contribution < 1.29 is 0 Å². The first kappa shape index (κ1) is 11.6. The van der Waals surface area contributed by atoms with Crippen LogP contribution in [0.1, 0.15) is 38.7 Å². The smallest absolute Gasteiger partial charge is 0.0312 e. The van der Waals surface area contributed by atoms with E-state index in [-0.39, 0.29) is 0 Å². The number of hydrogen-bond acceptors (Lipinski definition) is 2. The molecule has 0 amide bonds. The van der Waals surface area contributed by atoms with E-state index in [0.29, 0.717) is 6.04 Å². The number of hydrogen-bond donors (Lipinski definition) is 1. The number of rotatable bonds is 3. The van der Waals surface area contributed by atoms with Gasteiger partial charge in [-0.2, -0.15) is 0 Å². The van der Waals surface area contributed by atoms with E-state index in [1.165, 1.54) is 24.8 Å². The minimum Gasteiger partial charge on any atom is -0.310 e. The molecule has 1 N–H and O–H groups in total. The molecule has 0 aliphatic heterocycles. The molecule has 0 saturated heterocycles. The maximum Gasteiger partial charge on any atom is 0.0312 e. The van der Waals surface area contributed by atoms with Gasteiger partial charge in [-0.1, -0.05) is 32.8 Å². The van der Waals surface area contributed by atoms with E-state index in [4.69, 9.17) is 0 Å². The van der Waals surface area contributed by atoms with Gasteiger partial charge >= 0.3 is 0 Å². The van der Waals surface area contributed by atoms with Gasteiger partial charge in [0, 0.05) is 25.0 Å². The summed E-state index contributed by atoms with van der Waals surface area (Å²) in [6, 6.07) is 4.82. The van der Waals surface area contributed by atoms with Crippen LogP contribution in [0.5, 0.6) is 0 Å². The molecule has 88 valence electrons. The van der Waals surface area contributed by atoms with Gasteiger partial charge in [-0.25, -0.2) is 0 Å². The largest absolute Gasteiger partial charge is 0.310 e. The third-order valence-electron chi connectivity index (χ3n) is 4.00. The Balaban J connectivity index is 1.85. The minimum atomic E-state index is 0.684. The molecule has 0 radical (unpaired) electrons. The van der Waals surface area contributed by atoms with Crippen molar-refractivity contribution in [2.24, 2.45) is 11.8 Å². The lowest BCUT2D eigenvalue weighted by Gasteiger charge is -2.34. The summed E-state index contributed by atoms with van der Waals surface area (Å²) in [6.07, 6.45) is 7.87. The summed E-state index contributed by atoms with van der Waals surface area (Å²) in [5.41, 5.74) is 1.29. The summed E-state index contributed by atoms with van der Waals surface area (Å²) < 4.78 is 0. The van der Waals surface area contributed by atoms with Gasteiger partial charge in [0.25, 0.3) is 0 Å². The van der Waals surface area contributed by atoms with Crippen molar-refractivity contribution >= 4 is 0 Å². The molecule has 1 aromatic heterocycles. The Bertz CT molecular complexity index is 310. The Morgan fingerprint density at radius 2 is 2.25 bits per heavy atom. The molecule has 0 spiro atoms. The first-order valence-corrected chi connectivity index (χ1v) is 6.39. The summed E-state index contributed by atoms with van der Waals surface area (Å²) in [5.74, 6) is 1.66. The van der Waals surface area contributed by atoms with E-state index in [1.54, 1.807) is 0 Å². The molecular formula is C14H22N2.